The van der Waals surface area contributed by atoms with Crippen LogP contribution in [0.15, 0.2) is 78.1 Å². The SMILES string of the molecule is NN=CNc1cccc(C(=O)Nc2ccc(C[C@H](NC(=O)N3C=CC=CC3)C(=O)O)cc2)c1. The molecule has 0 saturated heterocycles. The molecule has 0 aromatic heterocycles. The van der Waals surface area contributed by atoms with E-state index in [1.807, 2.05) is 6.08 Å². The van der Waals surface area contributed by atoms with Gasteiger partial charge in [-0.1, -0.05) is 30.4 Å². The molecule has 10 heteroatoms. The number of hydrazone groups is 1. The molecule has 1 aliphatic heterocycles. The van der Waals surface area contributed by atoms with Crippen LogP contribution < -0.4 is 21.8 Å². The number of hydrogen-bond donors (Lipinski definition) is 5. The van der Waals surface area contributed by atoms with E-state index in [-0.39, 0.29) is 12.3 Å². The molecule has 1 atom stereocenters. The van der Waals surface area contributed by atoms with E-state index in [1.165, 1.54) is 11.2 Å². The molecule has 2 aromatic rings. The van der Waals surface area contributed by atoms with Gasteiger partial charge in [-0.25, -0.2) is 9.59 Å². The largest absolute Gasteiger partial charge is 0.480 e. The first kappa shape index (κ1) is 23.1. The van der Waals surface area contributed by atoms with E-state index in [2.05, 4.69) is 21.1 Å². The highest BCUT2D eigenvalue weighted by Crippen LogP contribution is 2.15. The average Bonchev–Trinajstić information content (AvgIpc) is 2.84. The maximum atomic E-state index is 12.5. The number of carbonyl (C=O) groups excluding carboxylic acids is 2. The summed E-state index contributed by atoms with van der Waals surface area (Å²) in [6.45, 7) is 0.378. The second-order valence-corrected chi connectivity index (χ2v) is 7.12. The Bertz CT molecular complexity index is 1090. The Morgan fingerprint density at radius 2 is 1.91 bits per heavy atom. The number of amides is 3. The van der Waals surface area contributed by atoms with Crippen molar-refractivity contribution in [1.82, 2.24) is 10.2 Å². The Hall–Kier alpha value is -4.60. The fourth-order valence-electron chi connectivity index (χ4n) is 3.08. The summed E-state index contributed by atoms with van der Waals surface area (Å²) < 4.78 is 0. The highest BCUT2D eigenvalue weighted by molar-refractivity contribution is 6.05. The van der Waals surface area contributed by atoms with Gasteiger partial charge < -0.3 is 26.9 Å². The average molecular weight is 448 g/mol. The third-order valence-corrected chi connectivity index (χ3v) is 4.75. The molecule has 33 heavy (non-hydrogen) atoms. The normalized spacial score (nSPS) is 13.5. The zero-order chi connectivity index (χ0) is 23.6. The van der Waals surface area contributed by atoms with Gasteiger partial charge in [0.2, 0.25) is 0 Å². The minimum absolute atomic E-state index is 0.0963. The van der Waals surface area contributed by atoms with Crippen molar-refractivity contribution < 1.29 is 19.5 Å². The molecule has 6 N–H and O–H groups in total. The summed E-state index contributed by atoms with van der Waals surface area (Å²) in [5, 5.41) is 21.0. The molecule has 1 heterocycles. The van der Waals surface area contributed by atoms with Crippen LogP contribution >= 0.6 is 0 Å². The number of aliphatic carboxylic acids is 1. The topological polar surface area (TPSA) is 149 Å². The number of benzene rings is 2. The quantitative estimate of drug-likeness (QED) is 0.181. The van der Waals surface area contributed by atoms with Crippen LogP contribution in [0, 0.1) is 0 Å². The molecule has 0 saturated carbocycles. The highest BCUT2D eigenvalue weighted by Gasteiger charge is 2.23. The van der Waals surface area contributed by atoms with Crippen LogP contribution in [0.2, 0.25) is 0 Å². The number of nitrogens with one attached hydrogen (secondary N) is 3. The van der Waals surface area contributed by atoms with Gasteiger partial charge in [0, 0.05) is 36.1 Å². The Kier molecular flexibility index (Phi) is 7.79. The number of hydrogen-bond acceptors (Lipinski definition) is 5. The van der Waals surface area contributed by atoms with Crippen molar-refractivity contribution in [3.63, 3.8) is 0 Å². The first-order chi connectivity index (χ1) is 16.0. The Morgan fingerprint density at radius 1 is 1.12 bits per heavy atom. The van der Waals surface area contributed by atoms with Crippen molar-refractivity contribution in [3.05, 3.63) is 84.1 Å². The number of carbonyl (C=O) groups is 3. The van der Waals surface area contributed by atoms with Gasteiger partial charge in [0.05, 0.1) is 0 Å². The van der Waals surface area contributed by atoms with Crippen LogP contribution in [-0.4, -0.2) is 46.8 Å². The summed E-state index contributed by atoms with van der Waals surface area (Å²) in [4.78, 5) is 37.9. The number of allylic oxidation sites excluding steroid dienone is 2. The maximum Gasteiger partial charge on any atom is 0.326 e. The summed E-state index contributed by atoms with van der Waals surface area (Å²) in [7, 11) is 0. The van der Waals surface area contributed by atoms with Crippen molar-refractivity contribution in [2.75, 3.05) is 17.2 Å². The minimum Gasteiger partial charge on any atom is -0.480 e. The second-order valence-electron chi connectivity index (χ2n) is 7.12. The van der Waals surface area contributed by atoms with Gasteiger partial charge in [-0.15, -0.1) is 0 Å². The molecule has 3 amide bonds. The van der Waals surface area contributed by atoms with Crippen molar-refractivity contribution in [1.29, 1.82) is 0 Å². The number of urea groups is 1. The molecular weight excluding hydrogens is 424 g/mol. The molecule has 170 valence electrons. The lowest BCUT2D eigenvalue weighted by molar-refractivity contribution is -0.139. The molecule has 3 rings (SSSR count). The van der Waals surface area contributed by atoms with Crippen LogP contribution in [0.5, 0.6) is 0 Å². The summed E-state index contributed by atoms with van der Waals surface area (Å²) in [6, 6.07) is 12.0. The van der Waals surface area contributed by atoms with Gasteiger partial charge in [0.25, 0.3) is 5.91 Å². The zero-order valence-electron chi connectivity index (χ0n) is 17.6. The molecule has 1 aliphatic rings. The van der Waals surface area contributed by atoms with E-state index in [0.29, 0.717) is 29.0 Å². The Balaban J connectivity index is 1.60. The van der Waals surface area contributed by atoms with Crippen molar-refractivity contribution >= 4 is 35.6 Å². The zero-order valence-corrected chi connectivity index (χ0v) is 17.6. The summed E-state index contributed by atoms with van der Waals surface area (Å²) in [6.07, 6.45) is 8.30. The van der Waals surface area contributed by atoms with Gasteiger partial charge in [0.1, 0.15) is 12.4 Å². The third kappa shape index (κ3) is 6.69. The van der Waals surface area contributed by atoms with Gasteiger partial charge in [-0.05, 0) is 42.0 Å². The number of carboxylic acid groups (broad SMARTS) is 1. The molecule has 2 aromatic carbocycles. The van der Waals surface area contributed by atoms with Crippen molar-refractivity contribution in [2.24, 2.45) is 10.9 Å². The van der Waals surface area contributed by atoms with Crippen LogP contribution in [0.25, 0.3) is 0 Å². The number of carboxylic acids is 1. The van der Waals surface area contributed by atoms with Crippen LogP contribution in [0.3, 0.4) is 0 Å². The van der Waals surface area contributed by atoms with Gasteiger partial charge >= 0.3 is 12.0 Å². The second kappa shape index (κ2) is 11.1. The first-order valence-corrected chi connectivity index (χ1v) is 10.1. The number of nitrogens with zero attached hydrogens (tertiary/aromatic N) is 2. The van der Waals surface area contributed by atoms with Gasteiger partial charge in [0.15, 0.2) is 0 Å². The van der Waals surface area contributed by atoms with Crippen LogP contribution in [-0.2, 0) is 11.2 Å². The lowest BCUT2D eigenvalue weighted by atomic mass is 10.1. The van der Waals surface area contributed by atoms with Gasteiger partial charge in [-0.2, -0.15) is 5.10 Å². The van der Waals surface area contributed by atoms with E-state index in [4.69, 9.17) is 5.84 Å². The summed E-state index contributed by atoms with van der Waals surface area (Å²) >= 11 is 0. The molecule has 0 bridgehead atoms. The van der Waals surface area contributed by atoms with E-state index >= 15 is 0 Å². The molecule has 10 nitrogen and oxygen atoms in total. The minimum atomic E-state index is -1.13. The van der Waals surface area contributed by atoms with Crippen molar-refractivity contribution in [3.8, 4) is 0 Å². The van der Waals surface area contributed by atoms with E-state index in [0.717, 1.165) is 0 Å². The fraction of sp³-hybridized carbons (Fsp3) is 0.130. The highest BCUT2D eigenvalue weighted by atomic mass is 16.4. The molecule has 0 unspecified atom stereocenters. The summed E-state index contributed by atoms with van der Waals surface area (Å²) in [5.41, 5.74) is 2.34. The fourth-order valence-corrected chi connectivity index (χ4v) is 3.08. The van der Waals surface area contributed by atoms with E-state index < -0.39 is 18.0 Å². The Morgan fingerprint density at radius 3 is 2.58 bits per heavy atom. The van der Waals surface area contributed by atoms with Crippen LogP contribution in [0.4, 0.5) is 16.2 Å². The predicted molar refractivity (Wildman–Crippen MR) is 126 cm³/mol. The van der Waals surface area contributed by atoms with E-state index in [9.17, 15) is 19.5 Å². The smallest absolute Gasteiger partial charge is 0.326 e. The number of anilines is 2. The van der Waals surface area contributed by atoms with Crippen molar-refractivity contribution in [2.45, 2.75) is 12.5 Å². The number of nitrogens with two attached hydrogens (primary N) is 1. The number of rotatable bonds is 8. The lowest BCUT2D eigenvalue weighted by Gasteiger charge is -2.22. The van der Waals surface area contributed by atoms with Gasteiger partial charge in [-0.3, -0.25) is 9.69 Å². The van der Waals surface area contributed by atoms with Crippen LogP contribution in [0.1, 0.15) is 15.9 Å². The third-order valence-electron chi connectivity index (χ3n) is 4.75. The monoisotopic (exact) mass is 448 g/mol. The molecule has 0 radical (unpaired) electrons. The predicted octanol–water partition coefficient (Wildman–Crippen LogP) is 2.34. The first-order valence-electron chi connectivity index (χ1n) is 10.1. The molecule has 0 spiro atoms. The Labute approximate surface area is 190 Å². The molecule has 0 aliphatic carbocycles. The molecule has 0 fully saturated rings. The molecular formula is C23H24N6O4. The van der Waals surface area contributed by atoms with E-state index in [1.54, 1.807) is 66.9 Å². The maximum absolute atomic E-state index is 12.5. The lowest BCUT2D eigenvalue weighted by Crippen LogP contribution is -2.47. The standard InChI is InChI=1S/C23H24N6O4/c24-26-15-25-19-6-4-5-17(14-19)21(30)27-18-9-7-16(8-10-18)13-20(22(31)32)28-23(33)29-11-2-1-3-12-29/h1-11,14-15,20H,12-13,24H2,(H,25,26)(H,27,30)(H,28,33)(H,31,32)/t20-/m0/s1. The summed E-state index contributed by atoms with van der Waals surface area (Å²) in [5.74, 6) is 3.62.